The smallest absolute Gasteiger partial charge is 0.407 e. The maximum atomic E-state index is 11.5. The van der Waals surface area contributed by atoms with Crippen LogP contribution in [0.25, 0.3) is 0 Å². The fraction of sp³-hybridized carbons (Fsp3) is 0.800. The van der Waals surface area contributed by atoms with Crippen LogP contribution in [0, 0.1) is 0 Å². The first-order valence-electron chi connectivity index (χ1n) is 7.76. The molecule has 0 atom stereocenters. The highest BCUT2D eigenvalue weighted by Gasteiger charge is 2.15. The Morgan fingerprint density at radius 3 is 2.12 bits per heavy atom. The van der Waals surface area contributed by atoms with Crippen LogP contribution in [-0.2, 0) is 14.3 Å². The first-order chi connectivity index (χ1) is 10.8. The van der Waals surface area contributed by atoms with Crippen molar-refractivity contribution < 1.29 is 19.1 Å². The molecule has 0 bridgehead atoms. The van der Waals surface area contributed by atoms with Crippen LogP contribution in [-0.4, -0.2) is 57.4 Å². The molecule has 0 aromatic carbocycles. The standard InChI is InChI=1S/C15H30N4O4.HI/c1-15(2,3)23-14(21)19-11-10-18-13(16-4)17-9-7-6-8-12(20)22-5;/h6-11H2,1-5H3,(H,19,21)(H2,16,17,18);1H. The molecule has 0 saturated heterocycles. The lowest BCUT2D eigenvalue weighted by Gasteiger charge is -2.19. The van der Waals surface area contributed by atoms with Crippen LogP contribution in [0.5, 0.6) is 0 Å². The second kappa shape index (κ2) is 14.1. The number of methoxy groups -OCH3 is 1. The summed E-state index contributed by atoms with van der Waals surface area (Å²) in [5.74, 6) is 0.454. The van der Waals surface area contributed by atoms with Gasteiger partial charge in [0.05, 0.1) is 7.11 Å². The Balaban J connectivity index is 0. The summed E-state index contributed by atoms with van der Waals surface area (Å²) in [4.78, 5) is 26.5. The SMILES string of the molecule is CN=C(NCCCCC(=O)OC)NCCNC(=O)OC(C)(C)C.I. The number of hydrogen-bond acceptors (Lipinski definition) is 5. The van der Waals surface area contributed by atoms with Gasteiger partial charge in [0.25, 0.3) is 0 Å². The first kappa shape index (κ1) is 25.0. The average molecular weight is 458 g/mol. The van der Waals surface area contributed by atoms with Crippen LogP contribution in [0.1, 0.15) is 40.0 Å². The van der Waals surface area contributed by atoms with Gasteiger partial charge >= 0.3 is 12.1 Å². The van der Waals surface area contributed by atoms with E-state index < -0.39 is 11.7 Å². The molecule has 0 aromatic rings. The minimum Gasteiger partial charge on any atom is -0.469 e. The Morgan fingerprint density at radius 2 is 1.58 bits per heavy atom. The van der Waals surface area contributed by atoms with Gasteiger partial charge in [-0.1, -0.05) is 0 Å². The number of guanidine groups is 1. The maximum absolute atomic E-state index is 11.5. The molecular weight excluding hydrogens is 427 g/mol. The van der Waals surface area contributed by atoms with Gasteiger partial charge in [-0.3, -0.25) is 9.79 Å². The molecule has 0 spiro atoms. The molecule has 0 aliphatic carbocycles. The lowest BCUT2D eigenvalue weighted by Crippen LogP contribution is -2.42. The zero-order valence-corrected chi connectivity index (χ0v) is 17.6. The molecule has 24 heavy (non-hydrogen) atoms. The number of esters is 1. The predicted molar refractivity (Wildman–Crippen MR) is 105 cm³/mol. The lowest BCUT2D eigenvalue weighted by molar-refractivity contribution is -0.140. The quantitative estimate of drug-likeness (QED) is 0.168. The van der Waals surface area contributed by atoms with Crippen molar-refractivity contribution in [3.05, 3.63) is 0 Å². The van der Waals surface area contributed by atoms with Crippen molar-refractivity contribution in [2.45, 2.75) is 45.6 Å². The van der Waals surface area contributed by atoms with Crippen molar-refractivity contribution in [1.29, 1.82) is 0 Å². The summed E-state index contributed by atoms with van der Waals surface area (Å²) in [6.45, 7) is 7.11. The first-order valence-corrected chi connectivity index (χ1v) is 7.76. The fourth-order valence-electron chi connectivity index (χ4n) is 1.58. The van der Waals surface area contributed by atoms with E-state index in [4.69, 9.17) is 4.74 Å². The normalized spacial score (nSPS) is 11.1. The van der Waals surface area contributed by atoms with Crippen LogP contribution >= 0.6 is 24.0 Å². The monoisotopic (exact) mass is 458 g/mol. The molecule has 8 nitrogen and oxygen atoms in total. The maximum Gasteiger partial charge on any atom is 0.407 e. The summed E-state index contributed by atoms with van der Waals surface area (Å²) in [5, 5.41) is 8.86. The number of nitrogens with one attached hydrogen (secondary N) is 3. The molecule has 3 N–H and O–H groups in total. The summed E-state index contributed by atoms with van der Waals surface area (Å²) in [5.41, 5.74) is -0.501. The molecule has 0 saturated carbocycles. The Morgan fingerprint density at radius 1 is 1.00 bits per heavy atom. The number of unbranched alkanes of at least 4 members (excludes halogenated alkanes) is 1. The summed E-state index contributed by atoms with van der Waals surface area (Å²) in [6.07, 6.45) is 1.58. The molecule has 0 fully saturated rings. The predicted octanol–water partition coefficient (Wildman–Crippen LogP) is 1.64. The topological polar surface area (TPSA) is 101 Å². The van der Waals surface area contributed by atoms with Gasteiger partial charge in [0, 0.05) is 33.1 Å². The van der Waals surface area contributed by atoms with Gasteiger partial charge in [-0.05, 0) is 33.6 Å². The van der Waals surface area contributed by atoms with Crippen LogP contribution in [0.3, 0.4) is 0 Å². The highest BCUT2D eigenvalue weighted by Crippen LogP contribution is 2.05. The largest absolute Gasteiger partial charge is 0.469 e. The molecule has 0 aliphatic heterocycles. The van der Waals surface area contributed by atoms with Crippen molar-refractivity contribution in [2.24, 2.45) is 4.99 Å². The fourth-order valence-corrected chi connectivity index (χ4v) is 1.58. The van der Waals surface area contributed by atoms with Crippen molar-refractivity contribution in [3.8, 4) is 0 Å². The minimum atomic E-state index is -0.501. The van der Waals surface area contributed by atoms with E-state index in [0.29, 0.717) is 32.0 Å². The third-order valence-corrected chi connectivity index (χ3v) is 2.64. The molecular formula is C15H31IN4O4. The number of halogens is 1. The second-order valence-corrected chi connectivity index (χ2v) is 5.89. The Kier molecular flexibility index (Phi) is 14.7. The Labute approximate surface area is 161 Å². The zero-order valence-electron chi connectivity index (χ0n) is 15.2. The Hall–Kier alpha value is -1.26. The highest BCUT2D eigenvalue weighted by atomic mass is 127. The van der Waals surface area contributed by atoms with E-state index >= 15 is 0 Å². The molecule has 9 heteroatoms. The van der Waals surface area contributed by atoms with E-state index in [2.05, 4.69) is 25.7 Å². The van der Waals surface area contributed by atoms with Crippen molar-refractivity contribution in [1.82, 2.24) is 16.0 Å². The van der Waals surface area contributed by atoms with Crippen LogP contribution in [0.15, 0.2) is 4.99 Å². The van der Waals surface area contributed by atoms with Gasteiger partial charge in [-0.25, -0.2) is 4.79 Å². The van der Waals surface area contributed by atoms with E-state index in [1.54, 1.807) is 7.05 Å². The van der Waals surface area contributed by atoms with Crippen molar-refractivity contribution >= 4 is 42.0 Å². The third-order valence-electron chi connectivity index (χ3n) is 2.64. The highest BCUT2D eigenvalue weighted by molar-refractivity contribution is 14.0. The van der Waals surface area contributed by atoms with Gasteiger partial charge in [0.15, 0.2) is 5.96 Å². The van der Waals surface area contributed by atoms with E-state index in [0.717, 1.165) is 12.8 Å². The van der Waals surface area contributed by atoms with Gasteiger partial charge in [0.2, 0.25) is 0 Å². The van der Waals surface area contributed by atoms with Gasteiger partial charge in [-0.15, -0.1) is 24.0 Å². The molecule has 0 unspecified atom stereocenters. The van der Waals surface area contributed by atoms with Gasteiger partial charge < -0.3 is 25.4 Å². The molecule has 0 aliphatic rings. The van der Waals surface area contributed by atoms with Crippen LogP contribution in [0.2, 0.25) is 0 Å². The molecule has 0 heterocycles. The number of amides is 1. The number of nitrogens with zero attached hydrogens (tertiary/aromatic N) is 1. The number of ether oxygens (including phenoxy) is 2. The minimum absolute atomic E-state index is 0. The zero-order chi connectivity index (χ0) is 17.7. The number of rotatable bonds is 8. The van der Waals surface area contributed by atoms with E-state index in [-0.39, 0.29) is 29.9 Å². The number of carbonyl (C=O) groups excluding carboxylic acids is 2. The third kappa shape index (κ3) is 15.6. The molecule has 1 amide bonds. The summed E-state index contributed by atoms with van der Waals surface area (Å²) in [6, 6.07) is 0. The summed E-state index contributed by atoms with van der Waals surface area (Å²) < 4.78 is 9.70. The number of hydrogen-bond donors (Lipinski definition) is 3. The molecule has 0 radical (unpaired) electrons. The van der Waals surface area contributed by atoms with Crippen LogP contribution < -0.4 is 16.0 Å². The number of carbonyl (C=O) groups is 2. The number of aliphatic imine (C=N–C) groups is 1. The lowest BCUT2D eigenvalue weighted by atomic mass is 10.2. The second-order valence-electron chi connectivity index (χ2n) is 5.89. The molecule has 0 rings (SSSR count). The van der Waals surface area contributed by atoms with Gasteiger partial charge in [-0.2, -0.15) is 0 Å². The van der Waals surface area contributed by atoms with Crippen molar-refractivity contribution in [3.63, 3.8) is 0 Å². The van der Waals surface area contributed by atoms with Gasteiger partial charge in [0.1, 0.15) is 5.60 Å². The average Bonchev–Trinajstić information content (AvgIpc) is 2.46. The van der Waals surface area contributed by atoms with Crippen LogP contribution in [0.4, 0.5) is 4.79 Å². The van der Waals surface area contributed by atoms with E-state index in [1.807, 2.05) is 20.8 Å². The van der Waals surface area contributed by atoms with E-state index in [1.165, 1.54) is 7.11 Å². The molecule has 0 aromatic heterocycles. The Bertz CT molecular complexity index is 397. The van der Waals surface area contributed by atoms with E-state index in [9.17, 15) is 9.59 Å². The van der Waals surface area contributed by atoms with Crippen molar-refractivity contribution in [2.75, 3.05) is 33.8 Å². The molecule has 142 valence electrons. The summed E-state index contributed by atoms with van der Waals surface area (Å²) >= 11 is 0. The number of alkyl carbamates (subject to hydrolysis) is 1. The summed E-state index contributed by atoms with van der Waals surface area (Å²) in [7, 11) is 3.06.